The number of carbonyl (C=O) groups excluding carboxylic acids is 2. The Labute approximate surface area is 110 Å². The van der Waals surface area contributed by atoms with Crippen LogP contribution in [0, 0.1) is 5.92 Å². The highest BCUT2D eigenvalue weighted by molar-refractivity contribution is 7.13. The molecule has 0 aliphatic carbocycles. The molecule has 0 aromatic carbocycles. The second kappa shape index (κ2) is 6.95. The molecule has 1 heterocycles. The van der Waals surface area contributed by atoms with Crippen molar-refractivity contribution in [2.75, 3.05) is 19.0 Å². The van der Waals surface area contributed by atoms with Gasteiger partial charge in [0.25, 0.3) is 0 Å². The molecule has 1 rings (SSSR count). The van der Waals surface area contributed by atoms with Crippen molar-refractivity contribution in [1.82, 2.24) is 10.3 Å². The van der Waals surface area contributed by atoms with E-state index in [0.29, 0.717) is 17.4 Å². The Bertz CT molecular complexity index is 417. The number of nitrogens with zero attached hydrogens (tertiary/aromatic N) is 1. The van der Waals surface area contributed by atoms with Gasteiger partial charge in [0.1, 0.15) is 0 Å². The van der Waals surface area contributed by atoms with Gasteiger partial charge in [-0.25, -0.2) is 9.78 Å². The van der Waals surface area contributed by atoms with Crippen LogP contribution in [0.5, 0.6) is 0 Å². The SMILES string of the molecule is CNC(=O)Cc1csc(NC(=O)OCC(C)C)n1. The standard InChI is InChI=1S/C11H17N3O3S/c1-7(2)5-17-11(16)14-10-13-8(6-18-10)4-9(15)12-3/h6-7H,4-5H2,1-3H3,(H,12,15)(H,13,14,16). The van der Waals surface area contributed by atoms with Crippen LogP contribution in [0.4, 0.5) is 9.93 Å². The van der Waals surface area contributed by atoms with Gasteiger partial charge in [-0.3, -0.25) is 10.1 Å². The Morgan fingerprint density at radius 1 is 1.50 bits per heavy atom. The highest BCUT2D eigenvalue weighted by atomic mass is 32.1. The topological polar surface area (TPSA) is 80.3 Å². The number of anilines is 1. The Balaban J connectivity index is 2.43. The van der Waals surface area contributed by atoms with E-state index < -0.39 is 6.09 Å². The third kappa shape index (κ3) is 5.13. The van der Waals surface area contributed by atoms with Crippen molar-refractivity contribution in [2.45, 2.75) is 20.3 Å². The number of likely N-dealkylation sites (N-methyl/N-ethyl adjacent to an activating group) is 1. The molecule has 7 heteroatoms. The first-order valence-corrected chi connectivity index (χ1v) is 6.48. The summed E-state index contributed by atoms with van der Waals surface area (Å²) in [6.45, 7) is 4.28. The third-order valence-electron chi connectivity index (χ3n) is 1.93. The summed E-state index contributed by atoms with van der Waals surface area (Å²) < 4.78 is 4.96. The first-order valence-electron chi connectivity index (χ1n) is 5.60. The van der Waals surface area contributed by atoms with Crippen LogP contribution in [0.15, 0.2) is 5.38 Å². The van der Waals surface area contributed by atoms with Crippen LogP contribution in [-0.4, -0.2) is 30.6 Å². The molecule has 18 heavy (non-hydrogen) atoms. The van der Waals surface area contributed by atoms with Crippen molar-refractivity contribution < 1.29 is 14.3 Å². The minimum atomic E-state index is -0.524. The summed E-state index contributed by atoms with van der Waals surface area (Å²) in [5.74, 6) is 0.171. The summed E-state index contributed by atoms with van der Waals surface area (Å²) in [6.07, 6.45) is -0.319. The van der Waals surface area contributed by atoms with E-state index in [4.69, 9.17) is 4.74 Å². The van der Waals surface area contributed by atoms with Gasteiger partial charge in [0.05, 0.1) is 18.7 Å². The second-order valence-corrected chi connectivity index (χ2v) is 4.97. The van der Waals surface area contributed by atoms with E-state index in [9.17, 15) is 9.59 Å². The van der Waals surface area contributed by atoms with Crippen molar-refractivity contribution in [3.05, 3.63) is 11.1 Å². The molecule has 0 unspecified atom stereocenters. The first-order chi connectivity index (χ1) is 8.51. The molecule has 2 N–H and O–H groups in total. The van der Waals surface area contributed by atoms with Gasteiger partial charge < -0.3 is 10.1 Å². The van der Waals surface area contributed by atoms with E-state index >= 15 is 0 Å². The maximum absolute atomic E-state index is 11.4. The Morgan fingerprint density at radius 2 is 2.22 bits per heavy atom. The largest absolute Gasteiger partial charge is 0.449 e. The predicted octanol–water partition coefficient (Wildman–Crippen LogP) is 1.64. The van der Waals surface area contributed by atoms with Crippen LogP contribution in [0.1, 0.15) is 19.5 Å². The van der Waals surface area contributed by atoms with E-state index in [1.165, 1.54) is 11.3 Å². The number of nitrogens with one attached hydrogen (secondary N) is 2. The summed E-state index contributed by atoms with van der Waals surface area (Å²) in [4.78, 5) is 26.6. The fourth-order valence-corrected chi connectivity index (χ4v) is 1.76. The molecule has 1 aromatic rings. The fourth-order valence-electron chi connectivity index (χ4n) is 1.06. The van der Waals surface area contributed by atoms with Crippen LogP contribution < -0.4 is 10.6 Å². The van der Waals surface area contributed by atoms with E-state index in [2.05, 4.69) is 15.6 Å². The van der Waals surface area contributed by atoms with Crippen LogP contribution in [0.2, 0.25) is 0 Å². The van der Waals surface area contributed by atoms with Gasteiger partial charge >= 0.3 is 6.09 Å². The molecule has 0 radical (unpaired) electrons. The lowest BCUT2D eigenvalue weighted by Gasteiger charge is -2.06. The van der Waals surface area contributed by atoms with E-state index in [-0.39, 0.29) is 18.2 Å². The van der Waals surface area contributed by atoms with Gasteiger partial charge in [-0.15, -0.1) is 11.3 Å². The number of thiazole rings is 1. The lowest BCUT2D eigenvalue weighted by atomic mass is 10.2. The minimum Gasteiger partial charge on any atom is -0.449 e. The number of aromatic nitrogens is 1. The molecule has 0 fully saturated rings. The summed E-state index contributed by atoms with van der Waals surface area (Å²) in [7, 11) is 1.57. The van der Waals surface area contributed by atoms with Gasteiger partial charge in [-0.1, -0.05) is 13.8 Å². The zero-order valence-electron chi connectivity index (χ0n) is 10.6. The summed E-state index contributed by atoms with van der Waals surface area (Å²) in [6, 6.07) is 0. The quantitative estimate of drug-likeness (QED) is 0.853. The summed E-state index contributed by atoms with van der Waals surface area (Å²) >= 11 is 1.26. The molecule has 0 aliphatic rings. The van der Waals surface area contributed by atoms with Crippen molar-refractivity contribution in [2.24, 2.45) is 5.92 Å². The molecule has 0 bridgehead atoms. The number of carbonyl (C=O) groups is 2. The number of amides is 2. The molecular formula is C11H17N3O3S. The molecule has 1 aromatic heterocycles. The van der Waals surface area contributed by atoms with Crippen molar-refractivity contribution in [1.29, 1.82) is 0 Å². The van der Waals surface area contributed by atoms with Crippen molar-refractivity contribution in [3.63, 3.8) is 0 Å². The maximum atomic E-state index is 11.4. The zero-order chi connectivity index (χ0) is 13.5. The average Bonchev–Trinajstić information content (AvgIpc) is 2.73. The molecular weight excluding hydrogens is 254 g/mol. The predicted molar refractivity (Wildman–Crippen MR) is 69.7 cm³/mol. The van der Waals surface area contributed by atoms with Crippen LogP contribution in [0.25, 0.3) is 0 Å². The Hall–Kier alpha value is -1.63. The van der Waals surface area contributed by atoms with Crippen LogP contribution in [0.3, 0.4) is 0 Å². The third-order valence-corrected chi connectivity index (χ3v) is 2.74. The van der Waals surface area contributed by atoms with Crippen LogP contribution >= 0.6 is 11.3 Å². The highest BCUT2D eigenvalue weighted by Gasteiger charge is 2.10. The van der Waals surface area contributed by atoms with E-state index in [1.54, 1.807) is 12.4 Å². The number of hydrogen-bond acceptors (Lipinski definition) is 5. The van der Waals surface area contributed by atoms with Gasteiger partial charge in [0.15, 0.2) is 5.13 Å². The second-order valence-electron chi connectivity index (χ2n) is 4.11. The molecule has 6 nitrogen and oxygen atoms in total. The lowest BCUT2D eigenvalue weighted by Crippen LogP contribution is -2.20. The van der Waals surface area contributed by atoms with E-state index in [1.807, 2.05) is 13.8 Å². The van der Waals surface area contributed by atoms with Gasteiger partial charge in [-0.05, 0) is 5.92 Å². The normalized spacial score (nSPS) is 10.2. The number of rotatable bonds is 5. The molecule has 0 spiro atoms. The van der Waals surface area contributed by atoms with Crippen molar-refractivity contribution in [3.8, 4) is 0 Å². The monoisotopic (exact) mass is 271 g/mol. The Morgan fingerprint density at radius 3 is 2.83 bits per heavy atom. The van der Waals surface area contributed by atoms with Crippen molar-refractivity contribution >= 4 is 28.5 Å². The zero-order valence-corrected chi connectivity index (χ0v) is 11.5. The number of ether oxygens (including phenoxy) is 1. The summed E-state index contributed by atoms with van der Waals surface area (Å²) in [5.41, 5.74) is 0.624. The van der Waals surface area contributed by atoms with Crippen LogP contribution in [-0.2, 0) is 16.0 Å². The molecule has 100 valence electrons. The molecule has 0 saturated heterocycles. The molecule has 0 aliphatic heterocycles. The van der Waals surface area contributed by atoms with Gasteiger partial charge in [0, 0.05) is 12.4 Å². The van der Waals surface area contributed by atoms with Gasteiger partial charge in [-0.2, -0.15) is 0 Å². The first kappa shape index (κ1) is 14.4. The summed E-state index contributed by atoms with van der Waals surface area (Å²) in [5, 5.41) is 7.20. The number of hydrogen-bond donors (Lipinski definition) is 2. The maximum Gasteiger partial charge on any atom is 0.413 e. The lowest BCUT2D eigenvalue weighted by molar-refractivity contribution is -0.120. The molecule has 0 saturated carbocycles. The van der Waals surface area contributed by atoms with Gasteiger partial charge in [0.2, 0.25) is 5.91 Å². The molecule has 0 atom stereocenters. The fraction of sp³-hybridized carbons (Fsp3) is 0.545. The smallest absolute Gasteiger partial charge is 0.413 e. The average molecular weight is 271 g/mol. The minimum absolute atomic E-state index is 0.116. The van der Waals surface area contributed by atoms with E-state index in [0.717, 1.165) is 0 Å². The highest BCUT2D eigenvalue weighted by Crippen LogP contribution is 2.16. The Kier molecular flexibility index (Phi) is 5.57. The molecule has 2 amide bonds.